The molecule has 0 unspecified atom stereocenters. The molecule has 0 N–H and O–H groups in total. The van der Waals surface area contributed by atoms with E-state index >= 15 is 0 Å². The van der Waals surface area contributed by atoms with Gasteiger partial charge in [0.15, 0.2) is 5.79 Å². The molecule has 1 atom stereocenters. The predicted molar refractivity (Wildman–Crippen MR) is 118 cm³/mol. The molecule has 0 saturated carbocycles. The van der Waals surface area contributed by atoms with Gasteiger partial charge in [0, 0.05) is 0 Å². The van der Waals surface area contributed by atoms with Gasteiger partial charge in [-0.15, -0.1) is 0 Å². The van der Waals surface area contributed by atoms with E-state index in [9.17, 15) is 0 Å². The summed E-state index contributed by atoms with van der Waals surface area (Å²) in [5, 5.41) is 2.57. The van der Waals surface area contributed by atoms with Crippen LogP contribution in [0.4, 0.5) is 0 Å². The standard InChI is InChI=1S/C24H32O3Si/c1-23(2,3)28(21-14-8-6-9-15-21,22-16-10-7-11-17-22)26-18-12-13-20-19-25-24(4,5)27-20/h6-17,20H,18-19H2,1-5H3/b13-12-/t20-/m1/s1. The van der Waals surface area contributed by atoms with Gasteiger partial charge in [0.25, 0.3) is 8.32 Å². The fourth-order valence-corrected chi connectivity index (χ4v) is 8.45. The van der Waals surface area contributed by atoms with E-state index in [0.29, 0.717) is 13.2 Å². The Balaban J connectivity index is 1.89. The molecule has 0 spiro atoms. The molecule has 1 aliphatic rings. The summed E-state index contributed by atoms with van der Waals surface area (Å²) in [4.78, 5) is 0. The quantitative estimate of drug-likeness (QED) is 0.539. The Morgan fingerprint density at radius 2 is 1.54 bits per heavy atom. The van der Waals surface area contributed by atoms with Crippen molar-refractivity contribution in [2.75, 3.05) is 13.2 Å². The van der Waals surface area contributed by atoms with Gasteiger partial charge in [-0.2, -0.15) is 0 Å². The van der Waals surface area contributed by atoms with Crippen LogP contribution in [0.3, 0.4) is 0 Å². The highest BCUT2D eigenvalue weighted by atomic mass is 28.4. The molecule has 0 aromatic heterocycles. The van der Waals surface area contributed by atoms with Crippen molar-refractivity contribution >= 4 is 18.7 Å². The fraction of sp³-hybridized carbons (Fsp3) is 0.417. The molecule has 2 aromatic rings. The number of ether oxygens (including phenoxy) is 2. The lowest BCUT2D eigenvalue weighted by Crippen LogP contribution is -2.66. The normalized spacial score (nSPS) is 20.0. The minimum Gasteiger partial charge on any atom is -0.404 e. The number of rotatable bonds is 6. The third kappa shape index (κ3) is 4.46. The highest BCUT2D eigenvalue weighted by Gasteiger charge is 2.49. The van der Waals surface area contributed by atoms with Gasteiger partial charge in [0.2, 0.25) is 0 Å². The Morgan fingerprint density at radius 3 is 1.96 bits per heavy atom. The first-order chi connectivity index (χ1) is 13.2. The van der Waals surface area contributed by atoms with Crippen LogP contribution in [-0.4, -0.2) is 33.4 Å². The van der Waals surface area contributed by atoms with Gasteiger partial charge in [0.1, 0.15) is 6.10 Å². The van der Waals surface area contributed by atoms with E-state index in [4.69, 9.17) is 13.9 Å². The summed E-state index contributed by atoms with van der Waals surface area (Å²) in [6, 6.07) is 21.4. The summed E-state index contributed by atoms with van der Waals surface area (Å²) in [6.07, 6.45) is 4.12. The van der Waals surface area contributed by atoms with Gasteiger partial charge in [-0.25, -0.2) is 0 Å². The van der Waals surface area contributed by atoms with Crippen LogP contribution < -0.4 is 10.4 Å². The van der Waals surface area contributed by atoms with Crippen LogP contribution in [0.1, 0.15) is 34.6 Å². The Morgan fingerprint density at radius 1 is 1.00 bits per heavy atom. The molecule has 1 fully saturated rings. The molecule has 1 saturated heterocycles. The van der Waals surface area contributed by atoms with E-state index in [1.165, 1.54) is 10.4 Å². The smallest absolute Gasteiger partial charge is 0.261 e. The molecule has 1 heterocycles. The zero-order chi connectivity index (χ0) is 20.3. The van der Waals surface area contributed by atoms with Crippen LogP contribution in [0.2, 0.25) is 5.04 Å². The lowest BCUT2D eigenvalue weighted by molar-refractivity contribution is -0.133. The molecule has 2 aromatic carbocycles. The minimum absolute atomic E-state index is 0.0154. The predicted octanol–water partition coefficient (Wildman–Crippen LogP) is 4.27. The molecule has 0 aliphatic carbocycles. The van der Waals surface area contributed by atoms with Gasteiger partial charge in [0.05, 0.1) is 13.2 Å². The van der Waals surface area contributed by atoms with Crippen LogP contribution in [-0.2, 0) is 13.9 Å². The summed E-state index contributed by atoms with van der Waals surface area (Å²) >= 11 is 0. The van der Waals surface area contributed by atoms with Crippen LogP contribution in [0.15, 0.2) is 72.8 Å². The summed E-state index contributed by atoms with van der Waals surface area (Å²) in [5.41, 5.74) is 0. The van der Waals surface area contributed by atoms with E-state index in [0.717, 1.165) is 0 Å². The molecule has 0 amide bonds. The second kappa shape index (κ2) is 8.33. The van der Waals surface area contributed by atoms with Crippen LogP contribution >= 0.6 is 0 Å². The van der Waals surface area contributed by atoms with Crippen LogP contribution in [0.25, 0.3) is 0 Å². The monoisotopic (exact) mass is 396 g/mol. The first-order valence-electron chi connectivity index (χ1n) is 9.98. The van der Waals surface area contributed by atoms with E-state index in [1.807, 2.05) is 13.8 Å². The Bertz CT molecular complexity index is 739. The number of hydrogen-bond acceptors (Lipinski definition) is 3. The highest BCUT2D eigenvalue weighted by Crippen LogP contribution is 2.36. The van der Waals surface area contributed by atoms with Crippen molar-refractivity contribution in [1.29, 1.82) is 0 Å². The molecule has 0 radical (unpaired) electrons. The third-order valence-corrected chi connectivity index (χ3v) is 10.2. The molecule has 4 heteroatoms. The molecule has 0 bridgehead atoms. The van der Waals surface area contributed by atoms with Crippen molar-refractivity contribution in [2.24, 2.45) is 0 Å². The maximum absolute atomic E-state index is 6.83. The maximum Gasteiger partial charge on any atom is 0.261 e. The largest absolute Gasteiger partial charge is 0.404 e. The van der Waals surface area contributed by atoms with E-state index < -0.39 is 14.1 Å². The average molecular weight is 397 g/mol. The molecule has 1 aliphatic heterocycles. The fourth-order valence-electron chi connectivity index (χ4n) is 3.95. The van der Waals surface area contributed by atoms with Gasteiger partial charge in [-0.05, 0) is 29.3 Å². The van der Waals surface area contributed by atoms with Gasteiger partial charge < -0.3 is 13.9 Å². The molecular weight excluding hydrogens is 364 g/mol. The number of hydrogen-bond donors (Lipinski definition) is 0. The molecular formula is C24H32O3Si. The molecule has 28 heavy (non-hydrogen) atoms. The highest BCUT2D eigenvalue weighted by molar-refractivity contribution is 6.99. The Hall–Kier alpha value is -1.72. The Kier molecular flexibility index (Phi) is 6.25. The maximum atomic E-state index is 6.83. The van der Waals surface area contributed by atoms with E-state index in [1.54, 1.807) is 0 Å². The van der Waals surface area contributed by atoms with Gasteiger partial charge in [-0.1, -0.05) is 93.6 Å². The van der Waals surface area contributed by atoms with E-state index in [2.05, 4.69) is 93.6 Å². The zero-order valence-corrected chi connectivity index (χ0v) is 18.6. The summed E-state index contributed by atoms with van der Waals surface area (Å²) in [5.74, 6) is -0.506. The topological polar surface area (TPSA) is 27.7 Å². The van der Waals surface area contributed by atoms with Crippen LogP contribution in [0.5, 0.6) is 0 Å². The first kappa shape index (κ1) is 21.0. The van der Waals surface area contributed by atoms with Crippen molar-refractivity contribution < 1.29 is 13.9 Å². The zero-order valence-electron chi connectivity index (χ0n) is 17.6. The lowest BCUT2D eigenvalue weighted by atomic mass is 10.2. The molecule has 150 valence electrons. The summed E-state index contributed by atoms with van der Waals surface area (Å²) in [6.45, 7) is 11.9. The van der Waals surface area contributed by atoms with Crippen molar-refractivity contribution in [3.63, 3.8) is 0 Å². The minimum atomic E-state index is -2.48. The molecule has 3 nitrogen and oxygen atoms in total. The third-order valence-electron chi connectivity index (χ3n) is 5.19. The second-order valence-electron chi connectivity index (χ2n) is 8.77. The van der Waals surface area contributed by atoms with Crippen molar-refractivity contribution in [2.45, 2.75) is 51.5 Å². The first-order valence-corrected chi connectivity index (χ1v) is 11.9. The van der Waals surface area contributed by atoms with Gasteiger partial charge >= 0.3 is 0 Å². The van der Waals surface area contributed by atoms with Crippen molar-refractivity contribution in [3.8, 4) is 0 Å². The lowest BCUT2D eigenvalue weighted by Gasteiger charge is -2.42. The Labute approximate surface area is 170 Å². The average Bonchev–Trinajstić information content (AvgIpc) is 3.01. The van der Waals surface area contributed by atoms with Crippen molar-refractivity contribution in [3.05, 3.63) is 72.8 Å². The van der Waals surface area contributed by atoms with Crippen molar-refractivity contribution in [1.82, 2.24) is 0 Å². The second-order valence-corrected chi connectivity index (χ2v) is 13.1. The SMILES string of the molecule is CC1(C)OC[C@@H](/C=C\CO[Si](c2ccccc2)(c2ccccc2)C(C)(C)C)O1. The molecule has 3 rings (SSSR count). The van der Waals surface area contributed by atoms with Crippen LogP contribution in [0, 0.1) is 0 Å². The van der Waals surface area contributed by atoms with Gasteiger partial charge in [-0.3, -0.25) is 0 Å². The number of benzene rings is 2. The summed E-state index contributed by atoms with van der Waals surface area (Å²) < 4.78 is 18.3. The summed E-state index contributed by atoms with van der Waals surface area (Å²) in [7, 11) is -2.48. The van der Waals surface area contributed by atoms with E-state index in [-0.39, 0.29) is 11.1 Å².